The molecule has 1 aromatic carbocycles. The van der Waals surface area contributed by atoms with Crippen molar-refractivity contribution in [1.29, 1.82) is 0 Å². The van der Waals surface area contributed by atoms with Gasteiger partial charge in [0.2, 0.25) is 0 Å². The lowest BCUT2D eigenvalue weighted by Gasteiger charge is -2.18. The standard InChI is InChI=1S/C13H22N2O/c1-3-15(4-2)10-9-14-11-12-7-5-6-8-13(12)16/h5-8,14,16H,3-4,9-11H2,1-2H3. The van der Waals surface area contributed by atoms with Crippen LogP contribution >= 0.6 is 0 Å². The number of likely N-dealkylation sites (N-methyl/N-ethyl adjacent to an activating group) is 1. The zero-order valence-corrected chi connectivity index (χ0v) is 10.2. The van der Waals surface area contributed by atoms with E-state index in [4.69, 9.17) is 0 Å². The summed E-state index contributed by atoms with van der Waals surface area (Å²) < 4.78 is 0. The maximum absolute atomic E-state index is 9.56. The molecular weight excluding hydrogens is 200 g/mol. The van der Waals surface area contributed by atoms with Crippen molar-refractivity contribution in [3.63, 3.8) is 0 Å². The molecule has 0 spiro atoms. The van der Waals surface area contributed by atoms with Crippen LogP contribution in [0.3, 0.4) is 0 Å². The SMILES string of the molecule is CCN(CC)CCNCc1ccccc1O. The third kappa shape index (κ3) is 4.21. The molecule has 1 rings (SSSR count). The molecule has 0 unspecified atom stereocenters. The van der Waals surface area contributed by atoms with E-state index in [0.29, 0.717) is 5.75 Å². The molecule has 90 valence electrons. The van der Waals surface area contributed by atoms with Crippen LogP contribution in [0.2, 0.25) is 0 Å². The highest BCUT2D eigenvalue weighted by Gasteiger charge is 2.00. The predicted molar refractivity (Wildman–Crippen MR) is 67.6 cm³/mol. The Morgan fingerprint density at radius 1 is 1.19 bits per heavy atom. The van der Waals surface area contributed by atoms with E-state index in [-0.39, 0.29) is 0 Å². The largest absolute Gasteiger partial charge is 0.508 e. The highest BCUT2D eigenvalue weighted by molar-refractivity contribution is 5.31. The van der Waals surface area contributed by atoms with Crippen LogP contribution in [-0.2, 0) is 6.54 Å². The number of aromatic hydroxyl groups is 1. The van der Waals surface area contributed by atoms with Crippen molar-refractivity contribution < 1.29 is 5.11 Å². The van der Waals surface area contributed by atoms with Crippen LogP contribution in [0.5, 0.6) is 5.75 Å². The fourth-order valence-corrected chi connectivity index (χ4v) is 1.66. The lowest BCUT2D eigenvalue weighted by molar-refractivity contribution is 0.302. The molecule has 0 atom stereocenters. The van der Waals surface area contributed by atoms with E-state index < -0.39 is 0 Å². The third-order valence-corrected chi connectivity index (χ3v) is 2.81. The molecule has 0 bridgehead atoms. The van der Waals surface area contributed by atoms with E-state index in [2.05, 4.69) is 24.1 Å². The normalized spacial score (nSPS) is 10.9. The van der Waals surface area contributed by atoms with Crippen LogP contribution < -0.4 is 5.32 Å². The van der Waals surface area contributed by atoms with Crippen molar-refractivity contribution in [2.75, 3.05) is 26.2 Å². The molecule has 3 heteroatoms. The summed E-state index contributed by atoms with van der Waals surface area (Å²) in [5, 5.41) is 12.9. The van der Waals surface area contributed by atoms with Crippen LogP contribution in [0.4, 0.5) is 0 Å². The summed E-state index contributed by atoms with van der Waals surface area (Å²) in [5.41, 5.74) is 0.960. The summed E-state index contributed by atoms with van der Waals surface area (Å²) in [4.78, 5) is 2.37. The quantitative estimate of drug-likeness (QED) is 0.691. The molecule has 0 amide bonds. The first-order chi connectivity index (χ1) is 7.77. The van der Waals surface area contributed by atoms with Gasteiger partial charge in [-0.15, -0.1) is 0 Å². The number of hydrogen-bond acceptors (Lipinski definition) is 3. The predicted octanol–water partition coefficient (Wildman–Crippen LogP) is 1.82. The fourth-order valence-electron chi connectivity index (χ4n) is 1.66. The van der Waals surface area contributed by atoms with Crippen LogP contribution in [-0.4, -0.2) is 36.2 Å². The minimum absolute atomic E-state index is 0.373. The Morgan fingerprint density at radius 2 is 1.88 bits per heavy atom. The summed E-state index contributed by atoms with van der Waals surface area (Å²) in [6.07, 6.45) is 0. The Hall–Kier alpha value is -1.06. The second-order valence-electron chi connectivity index (χ2n) is 3.83. The second-order valence-corrected chi connectivity index (χ2v) is 3.83. The molecule has 0 radical (unpaired) electrons. The van der Waals surface area contributed by atoms with Crippen LogP contribution in [0.1, 0.15) is 19.4 Å². The zero-order valence-electron chi connectivity index (χ0n) is 10.2. The first-order valence-corrected chi connectivity index (χ1v) is 5.97. The minimum Gasteiger partial charge on any atom is -0.508 e. The van der Waals surface area contributed by atoms with Crippen molar-refractivity contribution in [2.24, 2.45) is 0 Å². The Bertz CT molecular complexity index is 298. The smallest absolute Gasteiger partial charge is 0.120 e. The Morgan fingerprint density at radius 3 is 2.50 bits per heavy atom. The van der Waals surface area contributed by atoms with Crippen molar-refractivity contribution in [2.45, 2.75) is 20.4 Å². The summed E-state index contributed by atoms with van der Waals surface area (Å²) >= 11 is 0. The average Bonchev–Trinajstić information content (AvgIpc) is 2.31. The summed E-state index contributed by atoms with van der Waals surface area (Å²) in [6, 6.07) is 7.46. The van der Waals surface area contributed by atoms with E-state index in [1.54, 1.807) is 6.07 Å². The Kier molecular flexibility index (Phi) is 5.90. The van der Waals surface area contributed by atoms with Gasteiger partial charge in [-0.25, -0.2) is 0 Å². The molecule has 2 N–H and O–H groups in total. The minimum atomic E-state index is 0.373. The number of para-hydroxylation sites is 1. The van der Waals surface area contributed by atoms with Gasteiger partial charge in [-0.2, -0.15) is 0 Å². The van der Waals surface area contributed by atoms with Crippen LogP contribution in [0.15, 0.2) is 24.3 Å². The van der Waals surface area contributed by atoms with Crippen molar-refractivity contribution in [3.8, 4) is 5.75 Å². The van der Waals surface area contributed by atoms with Gasteiger partial charge in [-0.3, -0.25) is 0 Å². The van der Waals surface area contributed by atoms with E-state index in [9.17, 15) is 5.11 Å². The number of nitrogens with one attached hydrogen (secondary N) is 1. The van der Waals surface area contributed by atoms with Gasteiger partial charge in [0.15, 0.2) is 0 Å². The molecule has 0 fully saturated rings. The van der Waals surface area contributed by atoms with Gasteiger partial charge in [0.05, 0.1) is 0 Å². The monoisotopic (exact) mass is 222 g/mol. The Balaban J connectivity index is 2.23. The van der Waals surface area contributed by atoms with Gasteiger partial charge in [0.1, 0.15) is 5.75 Å². The van der Waals surface area contributed by atoms with Gasteiger partial charge in [-0.05, 0) is 19.2 Å². The Labute approximate surface area is 98.1 Å². The molecule has 16 heavy (non-hydrogen) atoms. The second kappa shape index (κ2) is 7.25. The van der Waals surface area contributed by atoms with Gasteiger partial charge in [-0.1, -0.05) is 32.0 Å². The number of benzene rings is 1. The number of phenols is 1. The molecule has 0 heterocycles. The molecule has 0 aliphatic carbocycles. The molecule has 0 aliphatic rings. The zero-order chi connectivity index (χ0) is 11.8. The number of phenolic OH excluding ortho intramolecular Hbond substituents is 1. The van der Waals surface area contributed by atoms with Gasteiger partial charge in [0.25, 0.3) is 0 Å². The molecule has 0 saturated carbocycles. The highest BCUT2D eigenvalue weighted by Crippen LogP contribution is 2.14. The summed E-state index contributed by atoms with van der Waals surface area (Å²) in [6.45, 7) is 9.27. The number of nitrogens with zero attached hydrogens (tertiary/aromatic N) is 1. The van der Waals surface area contributed by atoms with E-state index in [1.807, 2.05) is 18.2 Å². The van der Waals surface area contributed by atoms with Crippen LogP contribution in [0, 0.1) is 0 Å². The summed E-state index contributed by atoms with van der Waals surface area (Å²) in [7, 11) is 0. The van der Waals surface area contributed by atoms with Crippen molar-refractivity contribution in [3.05, 3.63) is 29.8 Å². The third-order valence-electron chi connectivity index (χ3n) is 2.81. The fraction of sp³-hybridized carbons (Fsp3) is 0.538. The number of rotatable bonds is 7. The van der Waals surface area contributed by atoms with E-state index >= 15 is 0 Å². The molecule has 0 saturated heterocycles. The maximum Gasteiger partial charge on any atom is 0.120 e. The van der Waals surface area contributed by atoms with E-state index in [1.165, 1.54) is 0 Å². The highest BCUT2D eigenvalue weighted by atomic mass is 16.3. The van der Waals surface area contributed by atoms with Gasteiger partial charge >= 0.3 is 0 Å². The maximum atomic E-state index is 9.56. The molecule has 1 aromatic rings. The van der Waals surface area contributed by atoms with E-state index in [0.717, 1.165) is 38.3 Å². The van der Waals surface area contributed by atoms with Gasteiger partial charge in [0, 0.05) is 25.2 Å². The summed E-state index contributed by atoms with van der Waals surface area (Å²) in [5.74, 6) is 0.373. The average molecular weight is 222 g/mol. The first-order valence-electron chi connectivity index (χ1n) is 5.97. The molecule has 0 aromatic heterocycles. The molecule has 3 nitrogen and oxygen atoms in total. The van der Waals surface area contributed by atoms with Crippen LogP contribution in [0.25, 0.3) is 0 Å². The van der Waals surface area contributed by atoms with Crippen molar-refractivity contribution in [1.82, 2.24) is 10.2 Å². The molecule has 0 aliphatic heterocycles. The van der Waals surface area contributed by atoms with Crippen molar-refractivity contribution >= 4 is 0 Å². The molecular formula is C13H22N2O. The first kappa shape index (κ1) is 13.0. The van der Waals surface area contributed by atoms with Gasteiger partial charge < -0.3 is 15.3 Å². The number of hydrogen-bond donors (Lipinski definition) is 2. The lowest BCUT2D eigenvalue weighted by atomic mass is 10.2. The topological polar surface area (TPSA) is 35.5 Å². The lowest BCUT2D eigenvalue weighted by Crippen LogP contribution is -2.31.